The van der Waals surface area contributed by atoms with Gasteiger partial charge in [-0.3, -0.25) is 14.4 Å². The number of rotatable bonds is 3. The van der Waals surface area contributed by atoms with E-state index >= 15 is 0 Å². The van der Waals surface area contributed by atoms with Crippen LogP contribution in [-0.4, -0.2) is 17.7 Å². The summed E-state index contributed by atoms with van der Waals surface area (Å²) in [5, 5.41) is 8.26. The van der Waals surface area contributed by atoms with E-state index in [0.717, 1.165) is 5.56 Å². The number of carbonyl (C=O) groups is 3. The molecule has 0 spiro atoms. The molecule has 2 aromatic carbocycles. The maximum atomic E-state index is 12.6. The fraction of sp³-hybridized carbons (Fsp3) is 0.167. The summed E-state index contributed by atoms with van der Waals surface area (Å²) in [7, 11) is 0. The second kappa shape index (κ2) is 6.54. The molecule has 122 valence electrons. The number of para-hydroxylation sites is 1. The van der Waals surface area contributed by atoms with Gasteiger partial charge in [-0.2, -0.15) is 0 Å². The van der Waals surface area contributed by atoms with Gasteiger partial charge in [-0.1, -0.05) is 24.3 Å². The second-order valence-electron chi connectivity index (χ2n) is 5.64. The lowest BCUT2D eigenvalue weighted by Gasteiger charge is -2.24. The molecule has 0 aliphatic carbocycles. The van der Waals surface area contributed by atoms with Crippen molar-refractivity contribution in [3.8, 4) is 0 Å². The number of nitrogens with one attached hydrogen (secondary N) is 3. The zero-order valence-electron chi connectivity index (χ0n) is 13.1. The van der Waals surface area contributed by atoms with Gasteiger partial charge < -0.3 is 16.0 Å². The smallest absolute Gasteiger partial charge is 0.232 e. The lowest BCUT2D eigenvalue weighted by molar-refractivity contribution is -0.123. The summed E-state index contributed by atoms with van der Waals surface area (Å²) >= 11 is 0. The van der Waals surface area contributed by atoms with Crippen molar-refractivity contribution in [2.45, 2.75) is 19.3 Å². The zero-order chi connectivity index (χ0) is 17.1. The first-order valence-electron chi connectivity index (χ1n) is 7.60. The molecule has 6 heteroatoms. The summed E-state index contributed by atoms with van der Waals surface area (Å²) < 4.78 is 0. The number of hydrogen-bond acceptors (Lipinski definition) is 3. The van der Waals surface area contributed by atoms with E-state index in [9.17, 15) is 14.4 Å². The van der Waals surface area contributed by atoms with Gasteiger partial charge in [-0.25, -0.2) is 0 Å². The van der Waals surface area contributed by atoms with Gasteiger partial charge in [0.15, 0.2) is 0 Å². The van der Waals surface area contributed by atoms with Crippen LogP contribution in [0.15, 0.2) is 48.5 Å². The molecule has 1 atom stereocenters. The first kappa shape index (κ1) is 15.7. The Balaban J connectivity index is 1.80. The minimum atomic E-state index is -0.542. The van der Waals surface area contributed by atoms with E-state index in [1.54, 1.807) is 30.3 Å². The normalized spacial score (nSPS) is 15.9. The molecule has 3 amide bonds. The number of carbonyl (C=O) groups excluding carboxylic acids is 3. The van der Waals surface area contributed by atoms with E-state index in [1.807, 2.05) is 18.2 Å². The first-order valence-corrected chi connectivity index (χ1v) is 7.60. The van der Waals surface area contributed by atoms with Crippen molar-refractivity contribution in [1.29, 1.82) is 0 Å². The predicted octanol–water partition coefficient (Wildman–Crippen LogP) is 2.71. The summed E-state index contributed by atoms with van der Waals surface area (Å²) in [6.07, 6.45) is 0.105. The molecule has 0 fully saturated rings. The third-order valence-electron chi connectivity index (χ3n) is 3.77. The maximum absolute atomic E-state index is 12.6. The monoisotopic (exact) mass is 323 g/mol. The van der Waals surface area contributed by atoms with Crippen LogP contribution in [0.5, 0.6) is 0 Å². The minimum Gasteiger partial charge on any atom is -0.326 e. The van der Waals surface area contributed by atoms with E-state index in [0.29, 0.717) is 17.1 Å². The molecule has 0 aromatic heterocycles. The van der Waals surface area contributed by atoms with Gasteiger partial charge in [0.05, 0.1) is 5.92 Å². The number of benzene rings is 2. The Hall–Kier alpha value is -3.15. The molecule has 3 rings (SSSR count). The molecule has 2 aromatic rings. The van der Waals surface area contributed by atoms with Gasteiger partial charge in [0.1, 0.15) is 0 Å². The van der Waals surface area contributed by atoms with Crippen LogP contribution < -0.4 is 16.0 Å². The second-order valence-corrected chi connectivity index (χ2v) is 5.64. The van der Waals surface area contributed by atoms with E-state index in [2.05, 4.69) is 16.0 Å². The van der Waals surface area contributed by atoms with Gasteiger partial charge >= 0.3 is 0 Å². The van der Waals surface area contributed by atoms with Gasteiger partial charge in [-0.15, -0.1) is 0 Å². The van der Waals surface area contributed by atoms with Crippen molar-refractivity contribution in [2.75, 3.05) is 16.0 Å². The van der Waals surface area contributed by atoms with E-state index < -0.39 is 5.92 Å². The highest BCUT2D eigenvalue weighted by Gasteiger charge is 2.30. The van der Waals surface area contributed by atoms with Crippen LogP contribution in [0.1, 0.15) is 24.8 Å². The summed E-state index contributed by atoms with van der Waals surface area (Å²) in [5.41, 5.74) is 2.63. The maximum Gasteiger partial charge on any atom is 0.232 e. The van der Waals surface area contributed by atoms with E-state index in [4.69, 9.17) is 0 Å². The Bertz CT molecular complexity index is 817. The summed E-state index contributed by atoms with van der Waals surface area (Å²) in [6.45, 7) is 1.42. The Morgan fingerprint density at radius 2 is 1.75 bits per heavy atom. The number of anilines is 3. The molecule has 0 bridgehead atoms. The average Bonchev–Trinajstić information content (AvgIpc) is 2.53. The lowest BCUT2D eigenvalue weighted by atomic mass is 9.90. The molecule has 0 saturated carbocycles. The van der Waals surface area contributed by atoms with E-state index in [1.165, 1.54) is 6.92 Å². The van der Waals surface area contributed by atoms with Crippen LogP contribution in [0, 0.1) is 0 Å². The molecule has 6 nitrogen and oxygen atoms in total. The largest absolute Gasteiger partial charge is 0.326 e. The number of amides is 3. The molecule has 1 aliphatic rings. The third kappa shape index (κ3) is 3.43. The van der Waals surface area contributed by atoms with Gasteiger partial charge in [-0.05, 0) is 29.8 Å². The summed E-state index contributed by atoms with van der Waals surface area (Å²) in [5.74, 6) is -1.16. The van der Waals surface area contributed by atoms with Crippen molar-refractivity contribution < 1.29 is 14.4 Å². The molecule has 1 aliphatic heterocycles. The Morgan fingerprint density at radius 3 is 2.50 bits per heavy atom. The van der Waals surface area contributed by atoms with Gasteiger partial charge in [0.2, 0.25) is 17.7 Å². The number of fused-ring (bicyclic) bond motifs is 1. The topological polar surface area (TPSA) is 87.3 Å². The Labute approximate surface area is 139 Å². The fourth-order valence-electron chi connectivity index (χ4n) is 2.75. The molecular formula is C18H17N3O3. The van der Waals surface area contributed by atoms with Crippen LogP contribution >= 0.6 is 0 Å². The molecule has 1 heterocycles. The molecule has 24 heavy (non-hydrogen) atoms. The molecule has 3 N–H and O–H groups in total. The van der Waals surface area contributed by atoms with Crippen LogP contribution in [0.2, 0.25) is 0 Å². The standard InChI is InChI=1S/C18H17N3O3/c1-11(22)19-12-5-4-6-13(9-12)20-18(24)15-10-17(23)21-16-8-3-2-7-14(15)16/h2-9,15H,10H2,1H3,(H,19,22)(H,20,24)(H,21,23). The van der Waals surface area contributed by atoms with Crippen LogP contribution in [0.3, 0.4) is 0 Å². The van der Waals surface area contributed by atoms with Crippen LogP contribution in [-0.2, 0) is 14.4 Å². The fourth-order valence-corrected chi connectivity index (χ4v) is 2.75. The van der Waals surface area contributed by atoms with Crippen molar-refractivity contribution >= 4 is 34.8 Å². The summed E-state index contributed by atoms with van der Waals surface area (Å²) in [4.78, 5) is 35.6. The van der Waals surface area contributed by atoms with Crippen LogP contribution in [0.4, 0.5) is 17.1 Å². The molecule has 0 saturated heterocycles. The molecule has 1 unspecified atom stereocenters. The third-order valence-corrected chi connectivity index (χ3v) is 3.77. The SMILES string of the molecule is CC(=O)Nc1cccc(NC(=O)C2CC(=O)Nc3ccccc32)c1. The predicted molar refractivity (Wildman–Crippen MR) is 91.8 cm³/mol. The average molecular weight is 323 g/mol. The van der Waals surface area contributed by atoms with Crippen LogP contribution in [0.25, 0.3) is 0 Å². The highest BCUT2D eigenvalue weighted by atomic mass is 16.2. The van der Waals surface area contributed by atoms with Crippen molar-refractivity contribution in [3.63, 3.8) is 0 Å². The Morgan fingerprint density at radius 1 is 1.04 bits per heavy atom. The Kier molecular flexibility index (Phi) is 4.29. The van der Waals surface area contributed by atoms with E-state index in [-0.39, 0.29) is 24.1 Å². The minimum absolute atomic E-state index is 0.105. The molecular weight excluding hydrogens is 306 g/mol. The van der Waals surface area contributed by atoms with Crippen molar-refractivity contribution in [2.24, 2.45) is 0 Å². The first-order chi connectivity index (χ1) is 11.5. The zero-order valence-corrected chi connectivity index (χ0v) is 13.1. The van der Waals surface area contributed by atoms with Crippen molar-refractivity contribution in [1.82, 2.24) is 0 Å². The quantitative estimate of drug-likeness (QED) is 0.811. The lowest BCUT2D eigenvalue weighted by Crippen LogP contribution is -2.30. The highest BCUT2D eigenvalue weighted by molar-refractivity contribution is 6.05. The van der Waals surface area contributed by atoms with Gasteiger partial charge in [0.25, 0.3) is 0 Å². The van der Waals surface area contributed by atoms with Gasteiger partial charge in [0, 0.05) is 30.4 Å². The molecule has 0 radical (unpaired) electrons. The van der Waals surface area contributed by atoms with Crippen molar-refractivity contribution in [3.05, 3.63) is 54.1 Å². The summed E-state index contributed by atoms with van der Waals surface area (Å²) in [6, 6.07) is 14.2. The highest BCUT2D eigenvalue weighted by Crippen LogP contribution is 2.33. The number of hydrogen-bond donors (Lipinski definition) is 3.